The fourth-order valence-electron chi connectivity index (χ4n) is 2.54. The molecule has 0 aliphatic heterocycles. The smallest absolute Gasteiger partial charge is 0.228 e. The summed E-state index contributed by atoms with van der Waals surface area (Å²) in [6, 6.07) is 17.7. The van der Waals surface area contributed by atoms with E-state index in [1.807, 2.05) is 80.3 Å². The van der Waals surface area contributed by atoms with E-state index in [9.17, 15) is 4.79 Å². The van der Waals surface area contributed by atoms with Crippen molar-refractivity contribution < 1.29 is 4.79 Å². The molecule has 0 heterocycles. The second-order valence-corrected chi connectivity index (χ2v) is 6.05. The lowest BCUT2D eigenvalue weighted by molar-refractivity contribution is -0.119. The Balaban J connectivity index is 2.34. The minimum absolute atomic E-state index is 0.0392. The number of hydrogen-bond donors (Lipinski definition) is 2. The van der Waals surface area contributed by atoms with Crippen LogP contribution in [0.4, 0.5) is 17.1 Å². The van der Waals surface area contributed by atoms with E-state index in [2.05, 4.69) is 5.32 Å². The molecule has 0 aliphatic rings. The number of carbonyl (C=O) groups is 1. The van der Waals surface area contributed by atoms with E-state index in [4.69, 9.17) is 5.73 Å². The standard InChI is InChI=1S/C19H25N3O/c1-14(2)22(19(23)13-15(3)20)18-12-8-7-11-17(18)21-16-9-5-4-6-10-16/h4-12,14-15,21H,13,20H2,1-3H3. The number of carbonyl (C=O) groups excluding carboxylic acids is 1. The zero-order valence-electron chi connectivity index (χ0n) is 14.0. The second kappa shape index (κ2) is 7.79. The van der Waals surface area contributed by atoms with Crippen molar-refractivity contribution in [3.63, 3.8) is 0 Å². The average molecular weight is 311 g/mol. The van der Waals surface area contributed by atoms with Gasteiger partial charge in [0, 0.05) is 24.2 Å². The molecule has 1 atom stereocenters. The van der Waals surface area contributed by atoms with Crippen molar-refractivity contribution in [2.75, 3.05) is 10.2 Å². The number of nitrogens with one attached hydrogen (secondary N) is 1. The van der Waals surface area contributed by atoms with Crippen LogP contribution in [-0.2, 0) is 4.79 Å². The molecule has 0 fully saturated rings. The van der Waals surface area contributed by atoms with E-state index in [-0.39, 0.29) is 18.0 Å². The van der Waals surface area contributed by atoms with Gasteiger partial charge in [-0.1, -0.05) is 30.3 Å². The van der Waals surface area contributed by atoms with Crippen molar-refractivity contribution in [3.05, 3.63) is 54.6 Å². The molecule has 4 nitrogen and oxygen atoms in total. The van der Waals surface area contributed by atoms with Gasteiger partial charge in [0.1, 0.15) is 0 Å². The van der Waals surface area contributed by atoms with Crippen molar-refractivity contribution in [1.82, 2.24) is 0 Å². The van der Waals surface area contributed by atoms with Gasteiger partial charge in [0.25, 0.3) is 0 Å². The third-order valence-electron chi connectivity index (χ3n) is 3.50. The highest BCUT2D eigenvalue weighted by Crippen LogP contribution is 2.30. The number of rotatable bonds is 6. The van der Waals surface area contributed by atoms with Crippen LogP contribution < -0.4 is 16.0 Å². The summed E-state index contributed by atoms with van der Waals surface area (Å²) in [5.41, 5.74) is 8.58. The highest BCUT2D eigenvalue weighted by Gasteiger charge is 2.22. The molecular formula is C19H25N3O. The maximum absolute atomic E-state index is 12.6. The minimum atomic E-state index is -0.155. The molecule has 1 amide bonds. The third kappa shape index (κ3) is 4.57. The lowest BCUT2D eigenvalue weighted by atomic mass is 10.1. The normalized spacial score (nSPS) is 12.0. The molecule has 0 saturated carbocycles. The number of para-hydroxylation sites is 3. The molecule has 1 unspecified atom stereocenters. The molecule has 2 aromatic carbocycles. The van der Waals surface area contributed by atoms with E-state index >= 15 is 0 Å². The lowest BCUT2D eigenvalue weighted by Gasteiger charge is -2.29. The second-order valence-electron chi connectivity index (χ2n) is 6.05. The summed E-state index contributed by atoms with van der Waals surface area (Å²) in [6.45, 7) is 5.88. The van der Waals surface area contributed by atoms with Gasteiger partial charge >= 0.3 is 0 Å². The topological polar surface area (TPSA) is 58.4 Å². The Hall–Kier alpha value is -2.33. The maximum atomic E-state index is 12.6. The van der Waals surface area contributed by atoms with E-state index in [1.165, 1.54) is 0 Å². The van der Waals surface area contributed by atoms with Gasteiger partial charge in [0.2, 0.25) is 5.91 Å². The Labute approximate surface area is 138 Å². The number of nitrogens with two attached hydrogens (primary N) is 1. The van der Waals surface area contributed by atoms with Gasteiger partial charge in [-0.25, -0.2) is 0 Å². The van der Waals surface area contributed by atoms with Crippen LogP contribution in [0.5, 0.6) is 0 Å². The lowest BCUT2D eigenvalue weighted by Crippen LogP contribution is -2.40. The minimum Gasteiger partial charge on any atom is -0.354 e. The predicted molar refractivity (Wildman–Crippen MR) is 97.1 cm³/mol. The van der Waals surface area contributed by atoms with E-state index in [0.717, 1.165) is 17.1 Å². The zero-order chi connectivity index (χ0) is 16.8. The van der Waals surface area contributed by atoms with Crippen LogP contribution in [-0.4, -0.2) is 18.0 Å². The molecule has 0 spiro atoms. The Morgan fingerprint density at radius 2 is 1.65 bits per heavy atom. The summed E-state index contributed by atoms with van der Waals surface area (Å²) in [6.07, 6.45) is 0.331. The third-order valence-corrected chi connectivity index (χ3v) is 3.50. The van der Waals surface area contributed by atoms with E-state index < -0.39 is 0 Å². The summed E-state index contributed by atoms with van der Waals surface area (Å²) in [4.78, 5) is 14.4. The van der Waals surface area contributed by atoms with Gasteiger partial charge in [0.05, 0.1) is 11.4 Å². The molecule has 4 heteroatoms. The largest absolute Gasteiger partial charge is 0.354 e. The number of benzene rings is 2. The highest BCUT2D eigenvalue weighted by molar-refractivity contribution is 5.98. The maximum Gasteiger partial charge on any atom is 0.228 e. The number of anilines is 3. The van der Waals surface area contributed by atoms with Gasteiger partial charge < -0.3 is 16.0 Å². The summed E-state index contributed by atoms with van der Waals surface area (Å²) in [7, 11) is 0. The van der Waals surface area contributed by atoms with Crippen LogP contribution in [0.2, 0.25) is 0 Å². The fraction of sp³-hybridized carbons (Fsp3) is 0.316. The molecule has 0 bridgehead atoms. The molecule has 0 aliphatic carbocycles. The highest BCUT2D eigenvalue weighted by atomic mass is 16.2. The first-order valence-corrected chi connectivity index (χ1v) is 7.97. The van der Waals surface area contributed by atoms with Gasteiger partial charge in [-0.3, -0.25) is 4.79 Å². The number of hydrogen-bond acceptors (Lipinski definition) is 3. The molecule has 2 rings (SSSR count). The average Bonchev–Trinajstić information content (AvgIpc) is 2.49. The summed E-state index contributed by atoms with van der Waals surface area (Å²) >= 11 is 0. The van der Waals surface area contributed by atoms with Crippen molar-refractivity contribution in [2.24, 2.45) is 5.73 Å². The molecule has 122 valence electrons. The van der Waals surface area contributed by atoms with Crippen molar-refractivity contribution >= 4 is 23.0 Å². The molecule has 23 heavy (non-hydrogen) atoms. The Morgan fingerprint density at radius 1 is 1.04 bits per heavy atom. The molecule has 0 aromatic heterocycles. The summed E-state index contributed by atoms with van der Waals surface area (Å²) < 4.78 is 0. The van der Waals surface area contributed by atoms with E-state index in [1.54, 1.807) is 0 Å². The van der Waals surface area contributed by atoms with Gasteiger partial charge in [0.15, 0.2) is 0 Å². The predicted octanol–water partition coefficient (Wildman–Crippen LogP) is 3.91. The molecule has 0 saturated heterocycles. The molecule has 3 N–H and O–H groups in total. The number of nitrogens with zero attached hydrogens (tertiary/aromatic N) is 1. The van der Waals surface area contributed by atoms with Gasteiger partial charge in [-0.15, -0.1) is 0 Å². The van der Waals surface area contributed by atoms with Crippen LogP contribution in [0.1, 0.15) is 27.2 Å². The van der Waals surface area contributed by atoms with Gasteiger partial charge in [-0.2, -0.15) is 0 Å². The quantitative estimate of drug-likeness (QED) is 0.850. The number of amides is 1. The van der Waals surface area contributed by atoms with Crippen LogP contribution in [0, 0.1) is 0 Å². The van der Waals surface area contributed by atoms with Crippen molar-refractivity contribution in [1.29, 1.82) is 0 Å². The molecule has 2 aromatic rings. The first kappa shape index (κ1) is 17.0. The van der Waals surface area contributed by atoms with Crippen LogP contribution in [0.3, 0.4) is 0 Å². The van der Waals surface area contributed by atoms with Crippen LogP contribution in [0.15, 0.2) is 54.6 Å². The Bertz CT molecular complexity index is 638. The van der Waals surface area contributed by atoms with E-state index in [0.29, 0.717) is 6.42 Å². The SMILES string of the molecule is CC(N)CC(=O)N(c1ccccc1Nc1ccccc1)C(C)C. The van der Waals surface area contributed by atoms with Crippen molar-refractivity contribution in [2.45, 2.75) is 39.3 Å². The Kier molecular flexibility index (Phi) is 5.77. The Morgan fingerprint density at radius 3 is 2.26 bits per heavy atom. The van der Waals surface area contributed by atoms with Crippen LogP contribution in [0.25, 0.3) is 0 Å². The van der Waals surface area contributed by atoms with Gasteiger partial charge in [-0.05, 0) is 45.0 Å². The molecular weight excluding hydrogens is 286 g/mol. The monoisotopic (exact) mass is 311 g/mol. The zero-order valence-corrected chi connectivity index (χ0v) is 14.0. The first-order valence-electron chi connectivity index (χ1n) is 7.97. The molecule has 0 radical (unpaired) electrons. The van der Waals surface area contributed by atoms with Crippen LogP contribution >= 0.6 is 0 Å². The fourth-order valence-corrected chi connectivity index (χ4v) is 2.54. The first-order chi connectivity index (χ1) is 11.0. The summed E-state index contributed by atoms with van der Waals surface area (Å²) in [5, 5.41) is 3.39. The summed E-state index contributed by atoms with van der Waals surface area (Å²) in [5.74, 6) is 0.0392. The van der Waals surface area contributed by atoms with Crippen molar-refractivity contribution in [3.8, 4) is 0 Å².